The molecule has 6 heteroatoms. The van der Waals surface area contributed by atoms with Gasteiger partial charge in [0.2, 0.25) is 5.82 Å². The Balaban J connectivity index is 1.83. The van der Waals surface area contributed by atoms with Crippen LogP contribution in [0.5, 0.6) is 0 Å². The zero-order valence-electron chi connectivity index (χ0n) is 12.5. The summed E-state index contributed by atoms with van der Waals surface area (Å²) in [5.41, 5.74) is 5.67. The number of pyridine rings is 1. The molecule has 4 rings (SSSR count). The van der Waals surface area contributed by atoms with Gasteiger partial charge < -0.3 is 9.84 Å². The molecule has 1 N–H and O–H groups in total. The molecule has 22 heavy (non-hydrogen) atoms. The number of aryl methyl sites for hydroxylation is 2. The Kier molecular flexibility index (Phi) is 3.28. The van der Waals surface area contributed by atoms with Crippen molar-refractivity contribution in [1.29, 1.82) is 0 Å². The third kappa shape index (κ3) is 2.15. The van der Waals surface area contributed by atoms with Crippen molar-refractivity contribution >= 4 is 11.3 Å². The standard InChI is InChI=1S/C16H16N4OS/c1-9-4-6-22-14(9)16-19-15(20-21-16)13-10(2)18-8-11-7-17-5-3-12(11)13/h4,6,8,17H,3,5,7H2,1-2H3. The number of nitrogens with one attached hydrogen (secondary N) is 1. The zero-order valence-corrected chi connectivity index (χ0v) is 13.3. The summed E-state index contributed by atoms with van der Waals surface area (Å²) < 4.78 is 5.50. The summed E-state index contributed by atoms with van der Waals surface area (Å²) in [7, 11) is 0. The number of hydrogen-bond acceptors (Lipinski definition) is 6. The number of nitrogens with zero attached hydrogens (tertiary/aromatic N) is 3. The zero-order chi connectivity index (χ0) is 15.1. The Morgan fingerprint density at radius 3 is 3.05 bits per heavy atom. The van der Waals surface area contributed by atoms with Gasteiger partial charge in [-0.3, -0.25) is 4.98 Å². The summed E-state index contributed by atoms with van der Waals surface area (Å²) in [4.78, 5) is 10.2. The summed E-state index contributed by atoms with van der Waals surface area (Å²) in [6, 6.07) is 2.06. The fourth-order valence-electron chi connectivity index (χ4n) is 2.88. The fourth-order valence-corrected chi connectivity index (χ4v) is 3.72. The van der Waals surface area contributed by atoms with Gasteiger partial charge in [0.15, 0.2) is 0 Å². The summed E-state index contributed by atoms with van der Waals surface area (Å²) >= 11 is 1.62. The van der Waals surface area contributed by atoms with Gasteiger partial charge in [-0.05, 0) is 54.9 Å². The van der Waals surface area contributed by atoms with Crippen molar-refractivity contribution in [2.75, 3.05) is 6.54 Å². The highest BCUT2D eigenvalue weighted by atomic mass is 32.1. The maximum Gasteiger partial charge on any atom is 0.268 e. The summed E-state index contributed by atoms with van der Waals surface area (Å²) in [5, 5.41) is 9.62. The first kappa shape index (κ1) is 13.6. The smallest absolute Gasteiger partial charge is 0.268 e. The second-order valence-electron chi connectivity index (χ2n) is 5.51. The normalized spacial score (nSPS) is 14.1. The van der Waals surface area contributed by atoms with Crippen LogP contribution in [0.2, 0.25) is 0 Å². The van der Waals surface area contributed by atoms with E-state index in [-0.39, 0.29) is 0 Å². The van der Waals surface area contributed by atoms with E-state index in [2.05, 4.69) is 33.4 Å². The first-order valence-corrected chi connectivity index (χ1v) is 8.18. The van der Waals surface area contributed by atoms with Crippen LogP contribution in [0.25, 0.3) is 22.2 Å². The minimum absolute atomic E-state index is 0.591. The van der Waals surface area contributed by atoms with E-state index >= 15 is 0 Å². The molecule has 0 fully saturated rings. The Morgan fingerprint density at radius 2 is 2.23 bits per heavy atom. The average molecular weight is 312 g/mol. The van der Waals surface area contributed by atoms with Crippen molar-refractivity contribution in [3.05, 3.63) is 40.0 Å². The molecule has 0 aliphatic carbocycles. The highest BCUT2D eigenvalue weighted by molar-refractivity contribution is 7.13. The predicted octanol–water partition coefficient (Wildman–Crippen LogP) is 3.12. The van der Waals surface area contributed by atoms with Crippen LogP contribution in [0.3, 0.4) is 0 Å². The molecule has 1 aliphatic rings. The Labute approximate surface area is 132 Å². The highest BCUT2D eigenvalue weighted by Crippen LogP contribution is 2.32. The van der Waals surface area contributed by atoms with Crippen LogP contribution in [0.4, 0.5) is 0 Å². The third-order valence-electron chi connectivity index (χ3n) is 4.04. The topological polar surface area (TPSA) is 63.8 Å². The van der Waals surface area contributed by atoms with Crippen molar-refractivity contribution in [1.82, 2.24) is 20.4 Å². The van der Waals surface area contributed by atoms with Gasteiger partial charge in [-0.25, -0.2) is 0 Å². The lowest BCUT2D eigenvalue weighted by Gasteiger charge is -2.19. The van der Waals surface area contributed by atoms with E-state index in [1.165, 1.54) is 11.1 Å². The molecule has 5 nitrogen and oxygen atoms in total. The Bertz CT molecular complexity index is 837. The van der Waals surface area contributed by atoms with E-state index in [1.807, 2.05) is 18.5 Å². The van der Waals surface area contributed by atoms with Crippen LogP contribution in [0, 0.1) is 13.8 Å². The molecule has 0 spiro atoms. The predicted molar refractivity (Wildman–Crippen MR) is 85.7 cm³/mol. The van der Waals surface area contributed by atoms with Gasteiger partial charge in [-0.15, -0.1) is 11.3 Å². The van der Waals surface area contributed by atoms with E-state index in [9.17, 15) is 0 Å². The molecule has 0 saturated heterocycles. The quantitative estimate of drug-likeness (QED) is 0.787. The number of aromatic nitrogens is 3. The molecule has 112 valence electrons. The van der Waals surface area contributed by atoms with Gasteiger partial charge in [0.25, 0.3) is 5.89 Å². The van der Waals surface area contributed by atoms with Crippen LogP contribution in [-0.4, -0.2) is 21.7 Å². The van der Waals surface area contributed by atoms with E-state index in [4.69, 9.17) is 4.52 Å². The van der Waals surface area contributed by atoms with E-state index in [1.54, 1.807) is 11.3 Å². The Hall–Kier alpha value is -2.05. The molecule has 0 radical (unpaired) electrons. The van der Waals surface area contributed by atoms with Crippen molar-refractivity contribution in [3.8, 4) is 22.2 Å². The SMILES string of the molecule is Cc1ccsc1-c1nc(-c2c(C)ncc3c2CCNC3)no1. The largest absolute Gasteiger partial charge is 0.333 e. The first-order chi connectivity index (χ1) is 10.7. The third-order valence-corrected chi connectivity index (χ3v) is 5.04. The number of hydrogen-bond donors (Lipinski definition) is 1. The first-order valence-electron chi connectivity index (χ1n) is 7.30. The summed E-state index contributed by atoms with van der Waals surface area (Å²) in [6.07, 6.45) is 2.92. The molecular formula is C16H16N4OS. The van der Waals surface area contributed by atoms with Gasteiger partial charge >= 0.3 is 0 Å². The number of thiophene rings is 1. The van der Waals surface area contributed by atoms with E-state index in [0.717, 1.165) is 41.2 Å². The lowest BCUT2D eigenvalue weighted by molar-refractivity contribution is 0.433. The van der Waals surface area contributed by atoms with Gasteiger partial charge in [-0.2, -0.15) is 4.98 Å². The molecule has 1 aliphatic heterocycles. The number of rotatable bonds is 2. The minimum Gasteiger partial charge on any atom is -0.333 e. The molecule has 0 atom stereocenters. The fraction of sp³-hybridized carbons (Fsp3) is 0.312. The second kappa shape index (κ2) is 5.30. The van der Waals surface area contributed by atoms with Crippen molar-refractivity contribution < 1.29 is 4.52 Å². The number of fused-ring (bicyclic) bond motifs is 1. The van der Waals surface area contributed by atoms with E-state index in [0.29, 0.717) is 11.7 Å². The van der Waals surface area contributed by atoms with Gasteiger partial charge in [0.05, 0.1) is 4.88 Å². The van der Waals surface area contributed by atoms with Gasteiger partial charge in [0, 0.05) is 24.0 Å². The van der Waals surface area contributed by atoms with Crippen molar-refractivity contribution in [2.45, 2.75) is 26.8 Å². The molecule has 4 heterocycles. The molecular weight excluding hydrogens is 296 g/mol. The average Bonchev–Trinajstić information content (AvgIpc) is 3.16. The Morgan fingerprint density at radius 1 is 1.32 bits per heavy atom. The molecule has 3 aromatic heterocycles. The highest BCUT2D eigenvalue weighted by Gasteiger charge is 2.21. The molecule has 0 unspecified atom stereocenters. The lowest BCUT2D eigenvalue weighted by atomic mass is 9.95. The maximum atomic E-state index is 5.50. The summed E-state index contributed by atoms with van der Waals surface area (Å²) in [5.74, 6) is 1.24. The minimum atomic E-state index is 0.591. The second-order valence-corrected chi connectivity index (χ2v) is 6.42. The monoisotopic (exact) mass is 312 g/mol. The lowest BCUT2D eigenvalue weighted by Crippen LogP contribution is -2.24. The van der Waals surface area contributed by atoms with Crippen LogP contribution in [0.1, 0.15) is 22.4 Å². The molecule has 0 bridgehead atoms. The van der Waals surface area contributed by atoms with Crippen LogP contribution < -0.4 is 5.32 Å². The van der Waals surface area contributed by atoms with Crippen LogP contribution in [-0.2, 0) is 13.0 Å². The molecule has 0 amide bonds. The molecule has 3 aromatic rings. The molecule has 0 aromatic carbocycles. The van der Waals surface area contributed by atoms with Crippen molar-refractivity contribution in [2.24, 2.45) is 0 Å². The van der Waals surface area contributed by atoms with Crippen molar-refractivity contribution in [3.63, 3.8) is 0 Å². The molecule has 0 saturated carbocycles. The van der Waals surface area contributed by atoms with Crippen LogP contribution in [0.15, 0.2) is 22.2 Å². The maximum absolute atomic E-state index is 5.50. The van der Waals surface area contributed by atoms with E-state index < -0.39 is 0 Å². The summed E-state index contributed by atoms with van der Waals surface area (Å²) in [6.45, 7) is 5.88. The van der Waals surface area contributed by atoms with Gasteiger partial charge in [-0.1, -0.05) is 5.16 Å². The van der Waals surface area contributed by atoms with Gasteiger partial charge in [0.1, 0.15) is 0 Å². The van der Waals surface area contributed by atoms with Crippen LogP contribution >= 0.6 is 11.3 Å².